The second-order valence-corrected chi connectivity index (χ2v) is 1.83. The molecule has 1 aromatic heterocycles. The molecule has 1 aromatic rings. The number of rotatable bonds is 1. The maximum absolute atomic E-state index is 10.7. The highest BCUT2D eigenvalue weighted by Crippen LogP contribution is 2.06. The van der Waals surface area contributed by atoms with Crippen molar-refractivity contribution in [3.8, 4) is 0 Å². The van der Waals surface area contributed by atoms with Crippen LogP contribution >= 0.6 is 0 Å². The largest absolute Gasteiger partial charge is 0.463 e. The van der Waals surface area contributed by atoms with Crippen LogP contribution in [-0.2, 0) is 4.74 Å². The molecule has 0 saturated heterocycles. The number of carbonyl (C=O) groups excluding carboxylic acids is 1. The average Bonchev–Trinajstić information content (AvgIpc) is 2.34. The zero-order valence-electron chi connectivity index (χ0n) is 5.75. The van der Waals surface area contributed by atoms with E-state index in [0.717, 1.165) is 0 Å². The van der Waals surface area contributed by atoms with Gasteiger partial charge in [0.1, 0.15) is 0 Å². The molecule has 0 atom stereocenters. The summed E-state index contributed by atoms with van der Waals surface area (Å²) in [6, 6.07) is 0. The Bertz CT molecular complexity index is 241. The van der Waals surface area contributed by atoms with E-state index in [1.807, 2.05) is 0 Å². The fourth-order valence-electron chi connectivity index (χ4n) is 0.580. The Balaban J connectivity index is 2.93. The molecule has 0 aliphatic rings. The van der Waals surface area contributed by atoms with Gasteiger partial charge in [0.2, 0.25) is 5.76 Å². The van der Waals surface area contributed by atoms with Crippen molar-refractivity contribution in [2.45, 2.75) is 6.92 Å². The molecule has 4 nitrogen and oxygen atoms in total. The first-order chi connectivity index (χ1) is 4.75. The van der Waals surface area contributed by atoms with Crippen molar-refractivity contribution in [3.63, 3.8) is 0 Å². The van der Waals surface area contributed by atoms with Crippen LogP contribution in [0.3, 0.4) is 0 Å². The number of aryl methyl sites for hydroxylation is 1. The van der Waals surface area contributed by atoms with Gasteiger partial charge < -0.3 is 9.26 Å². The van der Waals surface area contributed by atoms with E-state index in [4.69, 9.17) is 0 Å². The third-order valence-electron chi connectivity index (χ3n) is 1.12. The van der Waals surface area contributed by atoms with Gasteiger partial charge in [-0.3, -0.25) is 0 Å². The highest BCUT2D eigenvalue weighted by molar-refractivity contribution is 5.87. The Kier molecular flexibility index (Phi) is 1.71. The highest BCUT2D eigenvalue weighted by atomic mass is 16.5. The van der Waals surface area contributed by atoms with E-state index in [-0.39, 0.29) is 5.76 Å². The molecule has 0 bridgehead atoms. The van der Waals surface area contributed by atoms with E-state index in [0.29, 0.717) is 5.56 Å². The fraction of sp³-hybridized carbons (Fsp3) is 0.333. The van der Waals surface area contributed by atoms with Gasteiger partial charge in [-0.1, -0.05) is 5.16 Å². The zero-order chi connectivity index (χ0) is 7.56. The predicted octanol–water partition coefficient (Wildman–Crippen LogP) is 0.770. The number of carbonyl (C=O) groups is 1. The molecule has 0 unspecified atom stereocenters. The summed E-state index contributed by atoms with van der Waals surface area (Å²) in [5.41, 5.74) is 0.687. The molecule has 0 aromatic carbocycles. The Morgan fingerprint density at radius 3 is 2.90 bits per heavy atom. The summed E-state index contributed by atoms with van der Waals surface area (Å²) in [5, 5.41) is 3.41. The van der Waals surface area contributed by atoms with Crippen LogP contribution in [0.1, 0.15) is 16.1 Å². The van der Waals surface area contributed by atoms with Crippen molar-refractivity contribution in [1.29, 1.82) is 0 Å². The number of hydrogen-bond donors (Lipinski definition) is 0. The summed E-state index contributed by atoms with van der Waals surface area (Å²) in [6.45, 7) is 1.72. The van der Waals surface area contributed by atoms with Gasteiger partial charge in [-0.15, -0.1) is 0 Å². The fourth-order valence-corrected chi connectivity index (χ4v) is 0.580. The lowest BCUT2D eigenvalue weighted by molar-refractivity contribution is 0.0553. The molecule has 1 rings (SSSR count). The first kappa shape index (κ1) is 6.80. The van der Waals surface area contributed by atoms with Gasteiger partial charge in [-0.2, -0.15) is 0 Å². The Labute approximate surface area is 57.8 Å². The molecule has 0 aliphatic carbocycles. The molecule has 10 heavy (non-hydrogen) atoms. The van der Waals surface area contributed by atoms with Crippen molar-refractivity contribution in [1.82, 2.24) is 5.16 Å². The Morgan fingerprint density at radius 1 is 1.80 bits per heavy atom. The summed E-state index contributed by atoms with van der Waals surface area (Å²) in [6.07, 6.45) is 1.46. The van der Waals surface area contributed by atoms with Crippen molar-refractivity contribution in [3.05, 3.63) is 17.5 Å². The molecule has 0 spiro atoms. The lowest BCUT2D eigenvalue weighted by Gasteiger charge is -1.91. The number of esters is 1. The van der Waals surface area contributed by atoms with Crippen molar-refractivity contribution in [2.24, 2.45) is 0 Å². The minimum atomic E-state index is -0.491. The molecular formula is C6H7NO3. The van der Waals surface area contributed by atoms with E-state index in [1.165, 1.54) is 13.3 Å². The van der Waals surface area contributed by atoms with Gasteiger partial charge >= 0.3 is 5.97 Å². The first-order valence-corrected chi connectivity index (χ1v) is 2.75. The Hall–Kier alpha value is -1.32. The van der Waals surface area contributed by atoms with E-state index in [1.54, 1.807) is 6.92 Å². The van der Waals surface area contributed by atoms with Crippen molar-refractivity contribution < 1.29 is 14.1 Å². The number of aromatic nitrogens is 1. The van der Waals surface area contributed by atoms with Crippen LogP contribution in [0.5, 0.6) is 0 Å². The third kappa shape index (κ3) is 1.00. The van der Waals surface area contributed by atoms with E-state index >= 15 is 0 Å². The van der Waals surface area contributed by atoms with Crippen LogP contribution in [0.4, 0.5) is 0 Å². The molecule has 4 heteroatoms. The summed E-state index contributed by atoms with van der Waals surface area (Å²) < 4.78 is 9.00. The van der Waals surface area contributed by atoms with Crippen LogP contribution in [0, 0.1) is 6.92 Å². The number of hydrogen-bond acceptors (Lipinski definition) is 4. The molecule has 0 radical (unpaired) electrons. The highest BCUT2D eigenvalue weighted by Gasteiger charge is 2.13. The van der Waals surface area contributed by atoms with Crippen LogP contribution in [0.2, 0.25) is 0 Å². The van der Waals surface area contributed by atoms with Crippen molar-refractivity contribution in [2.75, 3.05) is 7.11 Å². The summed E-state index contributed by atoms with van der Waals surface area (Å²) in [7, 11) is 1.30. The summed E-state index contributed by atoms with van der Waals surface area (Å²) in [4.78, 5) is 10.7. The minimum absolute atomic E-state index is 0.169. The molecule has 54 valence electrons. The summed E-state index contributed by atoms with van der Waals surface area (Å²) in [5.74, 6) is -0.322. The number of nitrogens with zero attached hydrogens (tertiary/aromatic N) is 1. The predicted molar refractivity (Wildman–Crippen MR) is 32.6 cm³/mol. The maximum atomic E-state index is 10.7. The SMILES string of the molecule is COC(=O)c1oncc1C. The summed E-state index contributed by atoms with van der Waals surface area (Å²) >= 11 is 0. The molecule has 0 saturated carbocycles. The standard InChI is InChI=1S/C6H7NO3/c1-4-3-7-10-5(4)6(8)9-2/h3H,1-2H3. The van der Waals surface area contributed by atoms with Crippen molar-refractivity contribution >= 4 is 5.97 Å². The molecule has 0 amide bonds. The second kappa shape index (κ2) is 2.51. The average molecular weight is 141 g/mol. The van der Waals surface area contributed by atoms with E-state index in [9.17, 15) is 4.79 Å². The minimum Gasteiger partial charge on any atom is -0.463 e. The lowest BCUT2D eigenvalue weighted by Crippen LogP contribution is -2.00. The second-order valence-electron chi connectivity index (χ2n) is 1.83. The molecule has 1 heterocycles. The smallest absolute Gasteiger partial charge is 0.377 e. The third-order valence-corrected chi connectivity index (χ3v) is 1.12. The van der Waals surface area contributed by atoms with Gasteiger partial charge in [0.05, 0.1) is 13.3 Å². The number of ether oxygens (including phenoxy) is 1. The number of methoxy groups -OCH3 is 1. The van der Waals surface area contributed by atoms with E-state index in [2.05, 4.69) is 14.4 Å². The van der Waals surface area contributed by atoms with Crippen LogP contribution in [-0.4, -0.2) is 18.2 Å². The molecular weight excluding hydrogens is 134 g/mol. The molecule has 0 fully saturated rings. The van der Waals surface area contributed by atoms with Gasteiger partial charge in [-0.05, 0) is 6.92 Å². The topological polar surface area (TPSA) is 52.3 Å². The van der Waals surface area contributed by atoms with Crippen LogP contribution < -0.4 is 0 Å². The van der Waals surface area contributed by atoms with Gasteiger partial charge in [-0.25, -0.2) is 4.79 Å². The lowest BCUT2D eigenvalue weighted by atomic mass is 10.3. The molecule has 0 aliphatic heterocycles. The molecule has 0 N–H and O–H groups in total. The van der Waals surface area contributed by atoms with E-state index < -0.39 is 5.97 Å². The van der Waals surface area contributed by atoms with Crippen LogP contribution in [0.25, 0.3) is 0 Å². The normalized spacial score (nSPS) is 9.40. The quantitative estimate of drug-likeness (QED) is 0.542. The van der Waals surface area contributed by atoms with Gasteiger partial charge in [0.25, 0.3) is 0 Å². The monoisotopic (exact) mass is 141 g/mol. The van der Waals surface area contributed by atoms with Gasteiger partial charge in [0, 0.05) is 5.56 Å². The maximum Gasteiger partial charge on any atom is 0.377 e. The van der Waals surface area contributed by atoms with Crippen LogP contribution in [0.15, 0.2) is 10.7 Å². The zero-order valence-corrected chi connectivity index (χ0v) is 5.75. The Morgan fingerprint density at radius 2 is 2.50 bits per heavy atom. The van der Waals surface area contributed by atoms with Gasteiger partial charge in [0.15, 0.2) is 0 Å². The first-order valence-electron chi connectivity index (χ1n) is 2.75.